The van der Waals surface area contributed by atoms with Crippen LogP contribution in [0.4, 0.5) is 0 Å². The second-order valence-corrected chi connectivity index (χ2v) is 4.87. The molecule has 5 heteroatoms. The molecule has 0 saturated heterocycles. The molecular weight excluding hydrogens is 248 g/mol. The summed E-state index contributed by atoms with van der Waals surface area (Å²) in [7, 11) is 0. The number of unbranched alkanes of at least 4 members (excludes halogenated alkanes) is 5. The van der Waals surface area contributed by atoms with E-state index in [0.29, 0.717) is 12.8 Å². The maximum atomic E-state index is 11.3. The van der Waals surface area contributed by atoms with Crippen LogP contribution in [0.25, 0.3) is 0 Å². The van der Waals surface area contributed by atoms with E-state index >= 15 is 0 Å². The van der Waals surface area contributed by atoms with Gasteiger partial charge in [0.15, 0.2) is 0 Å². The van der Waals surface area contributed by atoms with E-state index in [-0.39, 0.29) is 19.0 Å². The van der Waals surface area contributed by atoms with E-state index in [1.54, 1.807) is 6.92 Å². The summed E-state index contributed by atoms with van der Waals surface area (Å²) in [4.78, 5) is 21.5. The number of aliphatic carboxylic acids is 1. The minimum Gasteiger partial charge on any atom is -0.481 e. The quantitative estimate of drug-likeness (QED) is 0.422. The Morgan fingerprint density at radius 2 is 1.53 bits per heavy atom. The Morgan fingerprint density at radius 1 is 1.00 bits per heavy atom. The maximum absolute atomic E-state index is 11.3. The lowest BCUT2D eigenvalue weighted by atomic mass is 10.1. The first-order valence-corrected chi connectivity index (χ1v) is 7.08. The molecule has 0 rings (SSSR count). The molecule has 0 radical (unpaired) electrons. The zero-order valence-corrected chi connectivity index (χ0v) is 11.8. The number of hydrogen-bond donors (Lipinski definition) is 2. The zero-order chi connectivity index (χ0) is 14.5. The predicted molar refractivity (Wildman–Crippen MR) is 71.8 cm³/mol. The summed E-state index contributed by atoms with van der Waals surface area (Å²) < 4.78 is 4.96. The van der Waals surface area contributed by atoms with E-state index in [1.165, 1.54) is 0 Å². The van der Waals surface area contributed by atoms with Gasteiger partial charge in [-0.3, -0.25) is 9.59 Å². The monoisotopic (exact) mass is 274 g/mol. The van der Waals surface area contributed by atoms with Crippen molar-refractivity contribution in [2.45, 2.75) is 70.8 Å². The number of carboxylic acid groups (broad SMARTS) is 1. The number of carboxylic acids is 1. The third-order valence-corrected chi connectivity index (χ3v) is 2.82. The summed E-state index contributed by atoms with van der Waals surface area (Å²) in [5, 5.41) is 17.4. The van der Waals surface area contributed by atoms with E-state index in [4.69, 9.17) is 14.9 Å². The van der Waals surface area contributed by atoms with E-state index < -0.39 is 12.1 Å². The fraction of sp³-hybridized carbons (Fsp3) is 0.857. The van der Waals surface area contributed by atoms with Gasteiger partial charge in [-0.1, -0.05) is 25.7 Å². The molecule has 2 N–H and O–H groups in total. The molecule has 1 atom stereocenters. The Hall–Kier alpha value is -1.10. The fourth-order valence-corrected chi connectivity index (χ4v) is 1.67. The van der Waals surface area contributed by atoms with Gasteiger partial charge in [-0.25, -0.2) is 0 Å². The minimum atomic E-state index is -0.736. The molecule has 1 unspecified atom stereocenters. The molecule has 0 aromatic carbocycles. The lowest BCUT2D eigenvalue weighted by molar-refractivity contribution is -0.144. The largest absolute Gasteiger partial charge is 0.481 e. The van der Waals surface area contributed by atoms with Gasteiger partial charge in [0, 0.05) is 19.3 Å². The van der Waals surface area contributed by atoms with E-state index in [0.717, 1.165) is 38.5 Å². The van der Waals surface area contributed by atoms with Gasteiger partial charge in [0.2, 0.25) is 0 Å². The fourth-order valence-electron chi connectivity index (χ4n) is 1.67. The van der Waals surface area contributed by atoms with Gasteiger partial charge >= 0.3 is 11.9 Å². The van der Waals surface area contributed by atoms with Gasteiger partial charge in [0.05, 0.1) is 12.7 Å². The molecule has 0 fully saturated rings. The van der Waals surface area contributed by atoms with Gasteiger partial charge < -0.3 is 14.9 Å². The van der Waals surface area contributed by atoms with Crippen molar-refractivity contribution < 1.29 is 24.5 Å². The summed E-state index contributed by atoms with van der Waals surface area (Å²) in [5.41, 5.74) is 0. The molecular formula is C14H26O5. The van der Waals surface area contributed by atoms with Crippen LogP contribution in [0.3, 0.4) is 0 Å². The van der Waals surface area contributed by atoms with Crippen LogP contribution in [0.15, 0.2) is 0 Å². The highest BCUT2D eigenvalue weighted by atomic mass is 16.5. The highest BCUT2D eigenvalue weighted by molar-refractivity contribution is 5.69. The topological polar surface area (TPSA) is 83.8 Å². The van der Waals surface area contributed by atoms with Crippen LogP contribution in [-0.4, -0.2) is 34.9 Å². The van der Waals surface area contributed by atoms with Crippen LogP contribution in [-0.2, 0) is 14.3 Å². The molecule has 5 nitrogen and oxygen atoms in total. The summed E-state index contributed by atoms with van der Waals surface area (Å²) in [6, 6.07) is 0. The first-order chi connectivity index (χ1) is 9.02. The van der Waals surface area contributed by atoms with E-state index in [1.807, 2.05) is 0 Å². The van der Waals surface area contributed by atoms with Crippen molar-refractivity contribution in [2.75, 3.05) is 6.61 Å². The Labute approximate surface area is 115 Å². The second-order valence-electron chi connectivity index (χ2n) is 4.87. The standard InChI is InChI=1S/C14H26O5/c1-12(15)10-11-19-14(18)9-7-5-3-2-4-6-8-13(16)17/h12,15H,2-11H2,1H3,(H,16,17). The van der Waals surface area contributed by atoms with Crippen LogP contribution in [0, 0.1) is 0 Å². The van der Waals surface area contributed by atoms with Crippen LogP contribution in [0.1, 0.15) is 64.7 Å². The number of esters is 1. The number of aliphatic hydroxyl groups is 1. The first-order valence-electron chi connectivity index (χ1n) is 7.08. The summed E-state index contributed by atoms with van der Waals surface area (Å²) in [6.07, 6.45) is 6.22. The summed E-state index contributed by atoms with van der Waals surface area (Å²) in [5.74, 6) is -0.938. The van der Waals surface area contributed by atoms with Crippen molar-refractivity contribution >= 4 is 11.9 Å². The van der Waals surface area contributed by atoms with Crippen LogP contribution in [0.2, 0.25) is 0 Å². The van der Waals surface area contributed by atoms with Crippen molar-refractivity contribution in [1.82, 2.24) is 0 Å². The van der Waals surface area contributed by atoms with Crippen LogP contribution >= 0.6 is 0 Å². The molecule has 112 valence electrons. The van der Waals surface area contributed by atoms with Crippen molar-refractivity contribution in [2.24, 2.45) is 0 Å². The number of rotatable bonds is 12. The average molecular weight is 274 g/mol. The second kappa shape index (κ2) is 12.0. The van der Waals surface area contributed by atoms with Crippen LogP contribution in [0.5, 0.6) is 0 Å². The predicted octanol–water partition coefficient (Wildman–Crippen LogP) is 2.51. The molecule has 0 spiro atoms. The Balaban J connectivity index is 3.20. The molecule has 0 amide bonds. The number of hydrogen-bond acceptors (Lipinski definition) is 4. The smallest absolute Gasteiger partial charge is 0.305 e. The molecule has 0 aromatic rings. The van der Waals surface area contributed by atoms with Crippen molar-refractivity contribution in [3.05, 3.63) is 0 Å². The van der Waals surface area contributed by atoms with Gasteiger partial charge in [0.1, 0.15) is 0 Å². The Morgan fingerprint density at radius 3 is 2.05 bits per heavy atom. The molecule has 0 aliphatic rings. The SMILES string of the molecule is CC(O)CCOC(=O)CCCCCCCCC(=O)O. The van der Waals surface area contributed by atoms with Gasteiger partial charge in [-0.05, 0) is 19.8 Å². The number of carbonyl (C=O) groups excluding carboxylic acids is 1. The summed E-state index contributed by atoms with van der Waals surface area (Å²) in [6.45, 7) is 1.95. The number of aliphatic hydroxyl groups excluding tert-OH is 1. The minimum absolute atomic E-state index is 0.202. The Kier molecular flexibility index (Phi) is 11.3. The van der Waals surface area contributed by atoms with Crippen molar-refractivity contribution in [1.29, 1.82) is 0 Å². The molecule has 0 bridgehead atoms. The normalized spacial score (nSPS) is 12.1. The number of ether oxygens (including phenoxy) is 1. The lowest BCUT2D eigenvalue weighted by Gasteiger charge is -2.06. The van der Waals surface area contributed by atoms with Crippen molar-refractivity contribution in [3.8, 4) is 0 Å². The highest BCUT2D eigenvalue weighted by Crippen LogP contribution is 2.09. The molecule has 0 saturated carbocycles. The molecule has 0 aromatic heterocycles. The third kappa shape index (κ3) is 14.8. The zero-order valence-electron chi connectivity index (χ0n) is 11.8. The van der Waals surface area contributed by atoms with E-state index in [9.17, 15) is 9.59 Å². The molecule has 0 aliphatic heterocycles. The van der Waals surface area contributed by atoms with E-state index in [2.05, 4.69) is 0 Å². The highest BCUT2D eigenvalue weighted by Gasteiger charge is 2.04. The molecule has 0 heterocycles. The van der Waals surface area contributed by atoms with Gasteiger partial charge in [-0.15, -0.1) is 0 Å². The molecule has 19 heavy (non-hydrogen) atoms. The lowest BCUT2D eigenvalue weighted by Crippen LogP contribution is -2.10. The molecule has 0 aliphatic carbocycles. The maximum Gasteiger partial charge on any atom is 0.305 e. The van der Waals surface area contributed by atoms with Crippen LogP contribution < -0.4 is 0 Å². The summed E-state index contributed by atoms with van der Waals surface area (Å²) >= 11 is 0. The third-order valence-electron chi connectivity index (χ3n) is 2.82. The number of carbonyl (C=O) groups is 2. The first kappa shape index (κ1) is 17.9. The van der Waals surface area contributed by atoms with Gasteiger partial charge in [-0.2, -0.15) is 0 Å². The average Bonchev–Trinajstić information content (AvgIpc) is 2.31. The van der Waals surface area contributed by atoms with Crippen molar-refractivity contribution in [3.63, 3.8) is 0 Å². The van der Waals surface area contributed by atoms with Gasteiger partial charge in [0.25, 0.3) is 0 Å². The Bertz CT molecular complexity index is 250.